The van der Waals surface area contributed by atoms with Crippen molar-refractivity contribution in [1.29, 1.82) is 0 Å². The molecule has 1 aromatic heterocycles. The van der Waals surface area contributed by atoms with Crippen LogP contribution in [0.4, 0.5) is 0 Å². The number of piperidine rings is 1. The summed E-state index contributed by atoms with van der Waals surface area (Å²) in [5, 5.41) is 7.65. The van der Waals surface area contributed by atoms with Crippen LogP contribution in [0.5, 0.6) is 0 Å². The van der Waals surface area contributed by atoms with Crippen molar-refractivity contribution in [3.05, 3.63) is 11.7 Å². The molecule has 6 nitrogen and oxygen atoms in total. The Balaban J connectivity index is 1.51. The minimum Gasteiger partial charge on any atom is -0.339 e. The van der Waals surface area contributed by atoms with E-state index in [1.807, 2.05) is 0 Å². The second-order valence-corrected chi connectivity index (χ2v) is 5.89. The second-order valence-electron chi connectivity index (χ2n) is 5.89. The van der Waals surface area contributed by atoms with E-state index in [4.69, 9.17) is 9.51 Å². The van der Waals surface area contributed by atoms with Gasteiger partial charge in [0, 0.05) is 39.3 Å². The first kappa shape index (κ1) is 11.8. The Hall–Kier alpha value is -0.980. The summed E-state index contributed by atoms with van der Waals surface area (Å²) in [6, 6.07) is 0.344. The summed E-state index contributed by atoms with van der Waals surface area (Å²) in [7, 11) is 0. The zero-order valence-electron chi connectivity index (χ0n) is 11.2. The van der Waals surface area contributed by atoms with Gasteiger partial charge in [0.25, 0.3) is 0 Å². The maximum absolute atomic E-state index is 5.52. The number of fused-ring (bicyclic) bond motifs is 3. The van der Waals surface area contributed by atoms with Gasteiger partial charge in [0.1, 0.15) is 0 Å². The Morgan fingerprint density at radius 1 is 1.21 bits per heavy atom. The molecule has 4 fully saturated rings. The SMILES string of the molecule is C1CNC[C@@H](c2nc(C3CN4CCN3CC4)no2)C1. The number of hydrogen-bond donors (Lipinski definition) is 1. The van der Waals surface area contributed by atoms with E-state index in [0.717, 1.165) is 50.9 Å². The first-order valence-corrected chi connectivity index (χ1v) is 7.41. The molecule has 0 saturated carbocycles. The van der Waals surface area contributed by atoms with Crippen molar-refractivity contribution in [1.82, 2.24) is 25.3 Å². The molecule has 2 bridgehead atoms. The zero-order chi connectivity index (χ0) is 12.7. The Morgan fingerprint density at radius 3 is 2.79 bits per heavy atom. The van der Waals surface area contributed by atoms with Crippen LogP contribution in [0.2, 0.25) is 0 Å². The number of hydrogen-bond acceptors (Lipinski definition) is 6. The monoisotopic (exact) mass is 263 g/mol. The van der Waals surface area contributed by atoms with E-state index in [1.165, 1.54) is 19.5 Å². The van der Waals surface area contributed by atoms with Gasteiger partial charge in [-0.3, -0.25) is 9.80 Å². The van der Waals surface area contributed by atoms with Crippen molar-refractivity contribution in [3.8, 4) is 0 Å². The molecule has 19 heavy (non-hydrogen) atoms. The lowest BCUT2D eigenvalue weighted by molar-refractivity contribution is 0.00781. The van der Waals surface area contributed by atoms with Gasteiger partial charge in [0.15, 0.2) is 5.82 Å². The predicted molar refractivity (Wildman–Crippen MR) is 69.9 cm³/mol. The number of nitrogens with one attached hydrogen (secondary N) is 1. The van der Waals surface area contributed by atoms with Gasteiger partial charge in [-0.15, -0.1) is 0 Å². The van der Waals surface area contributed by atoms with Gasteiger partial charge in [0.05, 0.1) is 12.0 Å². The Bertz CT molecular complexity index is 434. The lowest BCUT2D eigenvalue weighted by atomic mass is 10.00. The first-order chi connectivity index (χ1) is 9.40. The van der Waals surface area contributed by atoms with Gasteiger partial charge in [0.2, 0.25) is 5.89 Å². The number of nitrogens with zero attached hydrogens (tertiary/aromatic N) is 4. The Labute approximate surface area is 113 Å². The fourth-order valence-corrected chi connectivity index (χ4v) is 3.47. The maximum atomic E-state index is 5.52. The largest absolute Gasteiger partial charge is 0.339 e. The van der Waals surface area contributed by atoms with Crippen molar-refractivity contribution >= 4 is 0 Å². The molecule has 0 aliphatic carbocycles. The molecule has 6 heteroatoms. The molecule has 5 heterocycles. The molecule has 2 atom stereocenters. The summed E-state index contributed by atoms with van der Waals surface area (Å²) in [6.07, 6.45) is 2.36. The lowest BCUT2D eigenvalue weighted by Crippen LogP contribution is -2.57. The summed E-state index contributed by atoms with van der Waals surface area (Å²) >= 11 is 0. The molecule has 5 rings (SSSR count). The molecule has 0 spiro atoms. The molecule has 4 aliphatic rings. The third-order valence-electron chi connectivity index (χ3n) is 4.68. The number of rotatable bonds is 2. The first-order valence-electron chi connectivity index (χ1n) is 7.41. The summed E-state index contributed by atoms with van der Waals surface area (Å²) in [5.41, 5.74) is 0. The molecule has 0 radical (unpaired) electrons. The Morgan fingerprint density at radius 2 is 2.11 bits per heavy atom. The minimum absolute atomic E-state index is 0.344. The molecular weight excluding hydrogens is 242 g/mol. The smallest absolute Gasteiger partial charge is 0.231 e. The van der Waals surface area contributed by atoms with Gasteiger partial charge in [-0.2, -0.15) is 4.98 Å². The van der Waals surface area contributed by atoms with Crippen LogP contribution in [0.25, 0.3) is 0 Å². The van der Waals surface area contributed by atoms with E-state index < -0.39 is 0 Å². The average molecular weight is 263 g/mol. The summed E-state index contributed by atoms with van der Waals surface area (Å²) in [6.45, 7) is 7.80. The molecule has 0 amide bonds. The van der Waals surface area contributed by atoms with Crippen molar-refractivity contribution in [3.63, 3.8) is 0 Å². The van der Waals surface area contributed by atoms with Crippen LogP contribution >= 0.6 is 0 Å². The normalized spacial score (nSPS) is 38.5. The highest BCUT2D eigenvalue weighted by molar-refractivity contribution is 5.04. The topological polar surface area (TPSA) is 57.4 Å². The van der Waals surface area contributed by atoms with Crippen LogP contribution in [-0.2, 0) is 0 Å². The molecule has 104 valence electrons. The van der Waals surface area contributed by atoms with Gasteiger partial charge < -0.3 is 9.84 Å². The number of aromatic nitrogens is 2. The maximum Gasteiger partial charge on any atom is 0.231 e. The van der Waals surface area contributed by atoms with Gasteiger partial charge in [-0.25, -0.2) is 0 Å². The fourth-order valence-electron chi connectivity index (χ4n) is 3.47. The standard InChI is InChI=1S/C13H21N5O/c1-2-10(8-14-3-1)13-15-12(16-19-13)11-9-17-4-6-18(11)7-5-17/h10-11,14H,1-9H2/t10-,11?/m0/s1. The molecule has 1 aromatic rings. The molecule has 1 unspecified atom stereocenters. The predicted octanol–water partition coefficient (Wildman–Crippen LogP) is 0.209. The van der Waals surface area contributed by atoms with Crippen molar-refractivity contribution in [2.45, 2.75) is 24.8 Å². The van der Waals surface area contributed by atoms with Gasteiger partial charge in [-0.05, 0) is 19.4 Å². The van der Waals surface area contributed by atoms with Crippen LogP contribution in [0.1, 0.15) is 36.5 Å². The van der Waals surface area contributed by atoms with E-state index >= 15 is 0 Å². The van der Waals surface area contributed by atoms with E-state index in [2.05, 4.69) is 20.3 Å². The van der Waals surface area contributed by atoms with Crippen LogP contribution in [0.3, 0.4) is 0 Å². The van der Waals surface area contributed by atoms with Gasteiger partial charge in [-0.1, -0.05) is 5.16 Å². The Kier molecular flexibility index (Phi) is 3.01. The minimum atomic E-state index is 0.344. The highest BCUT2D eigenvalue weighted by Crippen LogP contribution is 2.29. The summed E-state index contributed by atoms with van der Waals surface area (Å²) in [5.74, 6) is 2.14. The van der Waals surface area contributed by atoms with Crippen LogP contribution in [0, 0.1) is 0 Å². The van der Waals surface area contributed by atoms with E-state index in [1.54, 1.807) is 0 Å². The molecule has 4 saturated heterocycles. The van der Waals surface area contributed by atoms with Crippen molar-refractivity contribution in [2.75, 3.05) is 45.8 Å². The lowest BCUT2D eigenvalue weighted by Gasteiger charge is -2.46. The van der Waals surface area contributed by atoms with E-state index in [0.29, 0.717) is 12.0 Å². The van der Waals surface area contributed by atoms with E-state index in [-0.39, 0.29) is 0 Å². The van der Waals surface area contributed by atoms with Crippen LogP contribution < -0.4 is 5.32 Å². The van der Waals surface area contributed by atoms with E-state index in [9.17, 15) is 0 Å². The average Bonchev–Trinajstić information content (AvgIpc) is 2.99. The van der Waals surface area contributed by atoms with Crippen LogP contribution in [-0.4, -0.2) is 65.8 Å². The third kappa shape index (κ3) is 2.17. The van der Waals surface area contributed by atoms with Crippen molar-refractivity contribution < 1.29 is 4.52 Å². The fraction of sp³-hybridized carbons (Fsp3) is 0.846. The quantitative estimate of drug-likeness (QED) is 0.823. The van der Waals surface area contributed by atoms with Crippen LogP contribution in [0.15, 0.2) is 4.52 Å². The zero-order valence-corrected chi connectivity index (χ0v) is 11.2. The third-order valence-corrected chi connectivity index (χ3v) is 4.68. The highest BCUT2D eigenvalue weighted by atomic mass is 16.5. The molecule has 1 N–H and O–H groups in total. The molecule has 4 aliphatic heterocycles. The molecule has 0 aromatic carbocycles. The summed E-state index contributed by atoms with van der Waals surface area (Å²) < 4.78 is 5.52. The number of piperazine rings is 3. The van der Waals surface area contributed by atoms with Crippen molar-refractivity contribution in [2.24, 2.45) is 0 Å². The second kappa shape index (κ2) is 4.85. The van der Waals surface area contributed by atoms with Gasteiger partial charge >= 0.3 is 0 Å². The summed E-state index contributed by atoms with van der Waals surface area (Å²) in [4.78, 5) is 9.69. The molecular formula is C13H21N5O. The highest BCUT2D eigenvalue weighted by Gasteiger charge is 2.36.